The summed E-state index contributed by atoms with van der Waals surface area (Å²) in [5.74, 6) is -1.43. The van der Waals surface area contributed by atoms with E-state index >= 15 is 0 Å². The number of nitrogens with one attached hydrogen (secondary N) is 2. The van der Waals surface area contributed by atoms with E-state index in [-0.39, 0.29) is 24.0 Å². The Hall–Kier alpha value is -2.81. The molecule has 0 aliphatic carbocycles. The Morgan fingerprint density at radius 3 is 1.46 bits per heavy atom. The van der Waals surface area contributed by atoms with Gasteiger partial charge in [-0.2, -0.15) is 0 Å². The largest absolute Gasteiger partial charge is 0.382 e. The molecule has 18 heteroatoms. The minimum atomic E-state index is -1.01. The molecule has 2 N–H and O–H groups in total. The molecule has 57 heavy (non-hydrogen) atoms. The van der Waals surface area contributed by atoms with Gasteiger partial charge in [0.2, 0.25) is 11.8 Å². The molecule has 0 bridgehead atoms. The van der Waals surface area contributed by atoms with Crippen molar-refractivity contribution in [2.75, 3.05) is 150 Å². The Bertz CT molecular complexity index is 1280. The summed E-state index contributed by atoms with van der Waals surface area (Å²) < 4.78 is 55.1. The van der Waals surface area contributed by atoms with Crippen molar-refractivity contribution in [3.8, 4) is 0 Å². The van der Waals surface area contributed by atoms with Gasteiger partial charge in [0, 0.05) is 31.1 Å². The molecule has 324 valence electrons. The number of unbranched alkanes of at least 4 members (excludes halogenated alkanes) is 3. The summed E-state index contributed by atoms with van der Waals surface area (Å²) in [6, 6.07) is 3.91. The zero-order chi connectivity index (χ0) is 40.6. The fourth-order valence-corrected chi connectivity index (χ4v) is 5.84. The number of carbonyl (C=O) groups is 4. The van der Waals surface area contributed by atoms with Crippen molar-refractivity contribution in [2.45, 2.75) is 44.6 Å². The fraction of sp³-hybridized carbons (Fsp3) is 0.744. The van der Waals surface area contributed by atoms with Gasteiger partial charge in [-0.25, -0.2) is 0 Å². The van der Waals surface area contributed by atoms with Gasteiger partial charge in [0.05, 0.1) is 137 Å². The molecular weight excluding hydrogens is 770 g/mol. The molecule has 0 spiro atoms. The molecule has 1 fully saturated rings. The van der Waals surface area contributed by atoms with Gasteiger partial charge in [-0.15, -0.1) is 11.6 Å². The van der Waals surface area contributed by atoms with E-state index in [1.807, 2.05) is 0 Å². The highest BCUT2D eigenvalue weighted by Gasteiger charge is 2.45. The maximum absolute atomic E-state index is 13.2. The molecule has 2 heterocycles. The molecule has 0 radical (unpaired) electrons. The van der Waals surface area contributed by atoms with Gasteiger partial charge in [-0.3, -0.25) is 29.4 Å². The van der Waals surface area contributed by atoms with Gasteiger partial charge < -0.3 is 52.7 Å². The normalized spacial score (nSPS) is 15.5. The second-order valence-corrected chi connectivity index (χ2v) is 13.2. The Labute approximate surface area is 340 Å². The van der Waals surface area contributed by atoms with Crippen LogP contribution in [0.15, 0.2) is 18.2 Å². The van der Waals surface area contributed by atoms with Crippen molar-refractivity contribution in [2.24, 2.45) is 0 Å². The lowest BCUT2D eigenvalue weighted by Crippen LogP contribution is -2.54. The summed E-state index contributed by atoms with van der Waals surface area (Å²) in [5, 5.41) is 5.33. The highest BCUT2D eigenvalue weighted by Crippen LogP contribution is 2.32. The second kappa shape index (κ2) is 32.1. The van der Waals surface area contributed by atoms with Crippen molar-refractivity contribution in [3.63, 3.8) is 0 Å². The Morgan fingerprint density at radius 2 is 1.00 bits per heavy atom. The van der Waals surface area contributed by atoms with Crippen LogP contribution in [0.25, 0.3) is 0 Å². The molecule has 2 aliphatic heterocycles. The molecule has 1 aromatic rings. The summed E-state index contributed by atoms with van der Waals surface area (Å²) in [7, 11) is 0. The van der Waals surface area contributed by atoms with Crippen LogP contribution in [0.5, 0.6) is 0 Å². The number of halogens is 1. The zero-order valence-electron chi connectivity index (χ0n) is 33.1. The van der Waals surface area contributed by atoms with E-state index in [0.29, 0.717) is 138 Å². The van der Waals surface area contributed by atoms with Crippen molar-refractivity contribution < 1.29 is 66.5 Å². The average Bonchev–Trinajstić information content (AvgIpc) is 3.46. The van der Waals surface area contributed by atoms with E-state index in [0.717, 1.165) is 43.1 Å². The third-order valence-electron chi connectivity index (χ3n) is 8.55. The lowest BCUT2D eigenvalue weighted by Gasteiger charge is -2.27. The number of hydrogen-bond acceptors (Lipinski definition) is 15. The number of alkyl halides is 1. The first kappa shape index (κ1) is 48.6. The fourth-order valence-electron chi connectivity index (χ4n) is 5.65. The van der Waals surface area contributed by atoms with Gasteiger partial charge in [0.1, 0.15) is 6.04 Å². The first-order valence-corrected chi connectivity index (χ1v) is 20.5. The number of fused-ring (bicyclic) bond motifs is 1. The standard InChI is InChI=1S/C39H62ClN3O14/c40-10-3-1-2-4-12-48-14-16-50-18-20-52-22-24-54-26-28-56-30-31-57-29-27-55-25-23-53-21-19-51-17-15-49-13-11-41-33-7-5-6-32-36(33)39(47)43(38(32)46)34-8-9-35(44)42-37(34)45/h5-7,34,41H,1-4,8-31H2,(H,42,44,45). The van der Waals surface area contributed by atoms with Crippen molar-refractivity contribution in [1.29, 1.82) is 0 Å². The summed E-state index contributed by atoms with van der Waals surface area (Å²) in [5.41, 5.74) is 0.909. The van der Waals surface area contributed by atoms with Crippen molar-refractivity contribution in [1.82, 2.24) is 10.2 Å². The number of imide groups is 2. The van der Waals surface area contributed by atoms with Crippen molar-refractivity contribution in [3.05, 3.63) is 29.3 Å². The molecule has 1 atom stereocenters. The van der Waals surface area contributed by atoms with Gasteiger partial charge in [0.25, 0.3) is 11.8 Å². The monoisotopic (exact) mass is 831 g/mol. The van der Waals surface area contributed by atoms with Gasteiger partial charge in [-0.05, 0) is 31.4 Å². The van der Waals surface area contributed by atoms with Crippen LogP contribution >= 0.6 is 11.6 Å². The third-order valence-corrected chi connectivity index (χ3v) is 8.82. The number of rotatable bonds is 38. The van der Waals surface area contributed by atoms with E-state index in [2.05, 4.69) is 10.6 Å². The summed E-state index contributed by atoms with van der Waals surface area (Å²) in [6.07, 6.45) is 4.62. The van der Waals surface area contributed by atoms with Gasteiger partial charge in [-0.1, -0.05) is 18.9 Å². The summed E-state index contributed by atoms with van der Waals surface area (Å²) in [4.78, 5) is 50.9. The van der Waals surface area contributed by atoms with E-state index in [4.69, 9.17) is 59.0 Å². The average molecular weight is 832 g/mol. The molecule has 1 aromatic carbocycles. The maximum atomic E-state index is 13.2. The number of benzene rings is 1. The molecule has 1 saturated heterocycles. The molecule has 2 aliphatic rings. The van der Waals surface area contributed by atoms with E-state index in [1.165, 1.54) is 0 Å². The number of ether oxygens (including phenoxy) is 10. The van der Waals surface area contributed by atoms with Gasteiger partial charge in [0.15, 0.2) is 0 Å². The minimum absolute atomic E-state index is 0.0659. The first-order valence-electron chi connectivity index (χ1n) is 20.0. The van der Waals surface area contributed by atoms with E-state index < -0.39 is 29.7 Å². The zero-order valence-corrected chi connectivity index (χ0v) is 33.9. The van der Waals surface area contributed by atoms with Crippen molar-refractivity contribution >= 4 is 40.9 Å². The summed E-state index contributed by atoms with van der Waals surface area (Å²) in [6.45, 7) is 10.1. The van der Waals surface area contributed by atoms with E-state index in [9.17, 15) is 19.2 Å². The number of carbonyl (C=O) groups excluding carboxylic acids is 4. The number of piperidine rings is 1. The minimum Gasteiger partial charge on any atom is -0.382 e. The molecule has 17 nitrogen and oxygen atoms in total. The SMILES string of the molecule is O=C1CCC(N2C(=O)c3cccc(NCCOCCOCCOCCOCCOCCOCCOCCOCCOCCOCCCCCCCl)c3C2=O)C(=O)N1. The molecule has 0 aromatic heterocycles. The Kier molecular flexibility index (Phi) is 27.3. The molecule has 3 rings (SSSR count). The van der Waals surface area contributed by atoms with Crippen LogP contribution in [0.3, 0.4) is 0 Å². The molecular formula is C39H62ClN3O14. The third kappa shape index (κ3) is 20.6. The van der Waals surface area contributed by atoms with Crippen LogP contribution in [0.2, 0.25) is 0 Å². The van der Waals surface area contributed by atoms with Crippen LogP contribution in [-0.2, 0) is 57.0 Å². The predicted octanol–water partition coefficient (Wildman–Crippen LogP) is 2.46. The smallest absolute Gasteiger partial charge is 0.264 e. The van der Waals surface area contributed by atoms with Crippen LogP contribution in [0.1, 0.15) is 59.2 Å². The highest BCUT2D eigenvalue weighted by atomic mass is 35.5. The topological polar surface area (TPSA) is 188 Å². The molecule has 4 amide bonds. The lowest BCUT2D eigenvalue weighted by molar-refractivity contribution is -0.136. The highest BCUT2D eigenvalue weighted by molar-refractivity contribution is 6.25. The Balaban J connectivity index is 0.995. The van der Waals surface area contributed by atoms with Crippen LogP contribution in [0, 0.1) is 0 Å². The van der Waals surface area contributed by atoms with Crippen LogP contribution in [0.4, 0.5) is 5.69 Å². The molecule has 1 unspecified atom stereocenters. The quantitative estimate of drug-likeness (QED) is 0.0562. The predicted molar refractivity (Wildman–Crippen MR) is 209 cm³/mol. The number of hydrogen-bond donors (Lipinski definition) is 2. The Morgan fingerprint density at radius 1 is 0.561 bits per heavy atom. The number of nitrogens with zero attached hydrogens (tertiary/aromatic N) is 1. The lowest BCUT2D eigenvalue weighted by atomic mass is 10.0. The second-order valence-electron chi connectivity index (χ2n) is 12.8. The van der Waals surface area contributed by atoms with Crippen LogP contribution < -0.4 is 10.6 Å². The van der Waals surface area contributed by atoms with Gasteiger partial charge >= 0.3 is 0 Å². The van der Waals surface area contributed by atoms with E-state index in [1.54, 1.807) is 18.2 Å². The number of amides is 4. The van der Waals surface area contributed by atoms with Crippen LogP contribution in [-0.4, -0.2) is 179 Å². The summed E-state index contributed by atoms with van der Waals surface area (Å²) >= 11 is 5.66. The number of anilines is 1. The first-order chi connectivity index (χ1) is 28.0. The molecule has 0 saturated carbocycles. The maximum Gasteiger partial charge on any atom is 0.264 e.